The van der Waals surface area contributed by atoms with Crippen molar-refractivity contribution in [3.8, 4) is 0 Å². The van der Waals surface area contributed by atoms with E-state index >= 15 is 0 Å². The van der Waals surface area contributed by atoms with E-state index in [0.717, 1.165) is 0 Å². The molecule has 0 unspecified atom stereocenters. The predicted octanol–water partition coefficient (Wildman–Crippen LogP) is 2.93. The van der Waals surface area contributed by atoms with E-state index in [0.29, 0.717) is 40.2 Å². The maximum Gasteiger partial charge on any atom is 0.273 e. The molecule has 0 bridgehead atoms. The largest absolute Gasteiger partial charge is 0.321 e. The fourth-order valence-corrected chi connectivity index (χ4v) is 3.15. The molecular weight excluding hydrogens is 330 g/mol. The first-order chi connectivity index (χ1) is 12.6. The Morgan fingerprint density at radius 3 is 2.31 bits per heavy atom. The highest BCUT2D eigenvalue weighted by atomic mass is 16.2. The molecule has 0 fully saturated rings. The van der Waals surface area contributed by atoms with Gasteiger partial charge in [-0.3, -0.25) is 19.1 Å². The standard InChI is InChI=1S/C20H15N3O3/c1-2-23-17(9-10-21-23)20(26)22-12-7-8-15-16(11-12)19(25)14-6-4-3-5-13(14)18(15)24/h3-11H,2H2,1H3,(H,22,26). The fourth-order valence-electron chi connectivity index (χ4n) is 3.15. The van der Waals surface area contributed by atoms with Gasteiger partial charge in [-0.1, -0.05) is 24.3 Å². The van der Waals surface area contributed by atoms with Crippen LogP contribution in [-0.2, 0) is 6.54 Å². The third-order valence-electron chi connectivity index (χ3n) is 4.43. The molecule has 0 aliphatic heterocycles. The van der Waals surface area contributed by atoms with Crippen LogP contribution < -0.4 is 5.32 Å². The van der Waals surface area contributed by atoms with Crippen LogP contribution in [0, 0.1) is 0 Å². The van der Waals surface area contributed by atoms with E-state index in [-0.39, 0.29) is 17.5 Å². The summed E-state index contributed by atoms with van der Waals surface area (Å²) in [6, 6.07) is 13.1. The van der Waals surface area contributed by atoms with Crippen molar-refractivity contribution in [3.05, 3.63) is 82.7 Å². The monoisotopic (exact) mass is 345 g/mol. The topological polar surface area (TPSA) is 81.1 Å². The number of benzene rings is 2. The smallest absolute Gasteiger partial charge is 0.273 e. The summed E-state index contributed by atoms with van der Waals surface area (Å²) < 4.78 is 1.58. The molecule has 1 aliphatic carbocycles. The number of hydrogen-bond acceptors (Lipinski definition) is 4. The van der Waals surface area contributed by atoms with Crippen molar-refractivity contribution < 1.29 is 14.4 Å². The van der Waals surface area contributed by atoms with E-state index in [1.54, 1.807) is 59.4 Å². The molecule has 128 valence electrons. The third kappa shape index (κ3) is 2.43. The van der Waals surface area contributed by atoms with Crippen molar-refractivity contribution in [1.29, 1.82) is 0 Å². The van der Waals surface area contributed by atoms with Crippen LogP contribution in [0.2, 0.25) is 0 Å². The molecule has 0 radical (unpaired) electrons. The fraction of sp³-hybridized carbons (Fsp3) is 0.100. The minimum Gasteiger partial charge on any atom is -0.321 e. The van der Waals surface area contributed by atoms with Crippen molar-refractivity contribution in [1.82, 2.24) is 9.78 Å². The Hall–Kier alpha value is -3.54. The van der Waals surface area contributed by atoms with Crippen LogP contribution in [-0.4, -0.2) is 27.3 Å². The molecule has 1 amide bonds. The number of hydrogen-bond donors (Lipinski definition) is 1. The Bertz CT molecular complexity index is 1070. The van der Waals surface area contributed by atoms with E-state index in [1.807, 2.05) is 6.92 Å². The first-order valence-corrected chi connectivity index (χ1v) is 8.25. The van der Waals surface area contributed by atoms with Gasteiger partial charge in [0.25, 0.3) is 5.91 Å². The second-order valence-electron chi connectivity index (χ2n) is 5.95. The second kappa shape index (κ2) is 6.07. The zero-order chi connectivity index (χ0) is 18.3. The van der Waals surface area contributed by atoms with Crippen molar-refractivity contribution in [2.45, 2.75) is 13.5 Å². The molecule has 1 aromatic heterocycles. The van der Waals surface area contributed by atoms with Gasteiger partial charge < -0.3 is 5.32 Å². The lowest BCUT2D eigenvalue weighted by Crippen LogP contribution is -2.22. The van der Waals surface area contributed by atoms with Crippen LogP contribution in [0.15, 0.2) is 54.7 Å². The summed E-state index contributed by atoms with van der Waals surface area (Å²) in [5.74, 6) is -0.721. The van der Waals surface area contributed by atoms with E-state index < -0.39 is 0 Å². The van der Waals surface area contributed by atoms with E-state index in [1.165, 1.54) is 0 Å². The van der Waals surface area contributed by atoms with Crippen LogP contribution in [0.4, 0.5) is 5.69 Å². The van der Waals surface area contributed by atoms with Gasteiger partial charge in [-0.05, 0) is 31.2 Å². The van der Waals surface area contributed by atoms with Gasteiger partial charge in [0, 0.05) is 40.7 Å². The summed E-state index contributed by atoms with van der Waals surface area (Å²) in [7, 11) is 0. The normalized spacial score (nSPS) is 12.5. The number of anilines is 1. The molecule has 26 heavy (non-hydrogen) atoms. The number of aryl methyl sites for hydroxylation is 1. The van der Waals surface area contributed by atoms with Crippen LogP contribution in [0.5, 0.6) is 0 Å². The minimum absolute atomic E-state index is 0.183. The summed E-state index contributed by atoms with van der Waals surface area (Å²) in [6.07, 6.45) is 1.56. The molecule has 0 saturated heterocycles. The molecule has 0 spiro atoms. The molecule has 1 N–H and O–H groups in total. The van der Waals surface area contributed by atoms with E-state index in [9.17, 15) is 14.4 Å². The van der Waals surface area contributed by atoms with E-state index in [4.69, 9.17) is 0 Å². The van der Waals surface area contributed by atoms with Crippen LogP contribution in [0.25, 0.3) is 0 Å². The molecule has 2 aromatic carbocycles. The molecule has 4 rings (SSSR count). The van der Waals surface area contributed by atoms with Crippen molar-refractivity contribution >= 4 is 23.2 Å². The molecule has 1 aliphatic rings. The SMILES string of the molecule is CCn1nccc1C(=O)Nc1ccc2c(c1)C(=O)c1ccccc1C2=O. The molecule has 6 nitrogen and oxygen atoms in total. The molecule has 3 aromatic rings. The predicted molar refractivity (Wildman–Crippen MR) is 95.6 cm³/mol. The molecule has 0 atom stereocenters. The third-order valence-corrected chi connectivity index (χ3v) is 4.43. The van der Waals surface area contributed by atoms with Crippen LogP contribution >= 0.6 is 0 Å². The Morgan fingerprint density at radius 1 is 0.962 bits per heavy atom. The molecule has 6 heteroatoms. The molecular formula is C20H15N3O3. The Kier molecular flexibility index (Phi) is 3.73. The van der Waals surface area contributed by atoms with Gasteiger partial charge in [0.1, 0.15) is 5.69 Å². The summed E-state index contributed by atoms with van der Waals surface area (Å²) in [5.41, 5.74) is 2.34. The van der Waals surface area contributed by atoms with Gasteiger partial charge in [-0.15, -0.1) is 0 Å². The second-order valence-corrected chi connectivity index (χ2v) is 5.95. The quantitative estimate of drug-likeness (QED) is 0.619. The summed E-state index contributed by atoms with van der Waals surface area (Å²) in [6.45, 7) is 2.47. The molecule has 0 saturated carbocycles. The lowest BCUT2D eigenvalue weighted by Gasteiger charge is -2.18. The highest BCUT2D eigenvalue weighted by molar-refractivity contribution is 6.28. The van der Waals surface area contributed by atoms with Gasteiger partial charge in [-0.2, -0.15) is 5.10 Å². The van der Waals surface area contributed by atoms with Crippen molar-refractivity contribution in [3.63, 3.8) is 0 Å². The summed E-state index contributed by atoms with van der Waals surface area (Å²) >= 11 is 0. The lowest BCUT2D eigenvalue weighted by molar-refractivity contribution is 0.0979. The first-order valence-electron chi connectivity index (χ1n) is 8.25. The Balaban J connectivity index is 1.69. The van der Waals surface area contributed by atoms with E-state index in [2.05, 4.69) is 10.4 Å². The Labute approximate surface area is 149 Å². The van der Waals surface area contributed by atoms with Crippen molar-refractivity contribution in [2.24, 2.45) is 0 Å². The van der Waals surface area contributed by atoms with Crippen molar-refractivity contribution in [2.75, 3.05) is 5.32 Å². The zero-order valence-corrected chi connectivity index (χ0v) is 14.0. The number of ketones is 2. The van der Waals surface area contributed by atoms with Gasteiger partial charge in [0.15, 0.2) is 11.6 Å². The highest BCUT2D eigenvalue weighted by Crippen LogP contribution is 2.29. The number of rotatable bonds is 3. The number of carbonyl (C=O) groups excluding carboxylic acids is 3. The Morgan fingerprint density at radius 2 is 1.62 bits per heavy atom. The number of fused-ring (bicyclic) bond motifs is 2. The average molecular weight is 345 g/mol. The summed E-state index contributed by atoms with van der Waals surface area (Å²) in [5, 5.41) is 6.84. The number of nitrogens with one attached hydrogen (secondary N) is 1. The maximum atomic E-state index is 12.7. The number of carbonyl (C=O) groups is 3. The highest BCUT2D eigenvalue weighted by Gasteiger charge is 2.29. The summed E-state index contributed by atoms with van der Waals surface area (Å²) in [4.78, 5) is 37.8. The molecule has 1 heterocycles. The average Bonchev–Trinajstić information content (AvgIpc) is 3.15. The first kappa shape index (κ1) is 16.0. The van der Waals surface area contributed by atoms with Crippen LogP contribution in [0.3, 0.4) is 0 Å². The van der Waals surface area contributed by atoms with Gasteiger partial charge in [0.05, 0.1) is 0 Å². The van der Waals surface area contributed by atoms with Gasteiger partial charge in [0.2, 0.25) is 0 Å². The van der Waals surface area contributed by atoms with Gasteiger partial charge >= 0.3 is 0 Å². The maximum absolute atomic E-state index is 12.7. The van der Waals surface area contributed by atoms with Crippen LogP contribution in [0.1, 0.15) is 49.3 Å². The zero-order valence-electron chi connectivity index (χ0n) is 14.0. The number of amides is 1. The number of aromatic nitrogens is 2. The minimum atomic E-state index is -0.320. The van der Waals surface area contributed by atoms with Gasteiger partial charge in [-0.25, -0.2) is 0 Å². The number of nitrogens with zero attached hydrogens (tertiary/aromatic N) is 2. The lowest BCUT2D eigenvalue weighted by atomic mass is 9.84.